The summed E-state index contributed by atoms with van der Waals surface area (Å²) in [5.41, 5.74) is 2.48. The zero-order valence-corrected chi connectivity index (χ0v) is 22.0. The van der Waals surface area contributed by atoms with Crippen LogP contribution in [0.4, 0.5) is 4.79 Å². The number of carboxylic acids is 1. The Morgan fingerprint density at radius 3 is 2.23 bits per heavy atom. The molecule has 0 unspecified atom stereocenters. The highest BCUT2D eigenvalue weighted by Gasteiger charge is 2.26. The molecule has 0 spiro atoms. The molecule has 9 heteroatoms. The van der Waals surface area contributed by atoms with Crippen molar-refractivity contribution in [3.05, 3.63) is 95.9 Å². The first-order valence-electron chi connectivity index (χ1n) is 12.4. The number of carboxylic acid groups (broad SMARTS) is 1. The SMILES string of the molecule is COc1ccc(OC(=O)N(CC(=O)O)[C@@H](C)c2ccc(OCCc3nc(-c4ccccc4)oc3C)cc2)cc1. The molecule has 0 saturated heterocycles. The molecule has 0 bridgehead atoms. The van der Waals surface area contributed by atoms with Gasteiger partial charge in [0.05, 0.1) is 25.5 Å². The number of nitrogens with zero attached hydrogens (tertiary/aromatic N) is 2. The average Bonchev–Trinajstić information content (AvgIpc) is 3.32. The summed E-state index contributed by atoms with van der Waals surface area (Å²) in [5, 5.41) is 9.39. The van der Waals surface area contributed by atoms with Crippen LogP contribution in [0.1, 0.15) is 30.0 Å². The summed E-state index contributed by atoms with van der Waals surface area (Å²) < 4.78 is 22.2. The number of carbonyl (C=O) groups excluding carboxylic acids is 1. The lowest BCUT2D eigenvalue weighted by molar-refractivity contribution is -0.138. The summed E-state index contributed by atoms with van der Waals surface area (Å²) in [7, 11) is 1.53. The fourth-order valence-corrected chi connectivity index (χ4v) is 3.96. The molecular formula is C30H30N2O7. The highest BCUT2D eigenvalue weighted by Crippen LogP contribution is 2.26. The molecule has 202 valence electrons. The van der Waals surface area contributed by atoms with Crippen LogP contribution < -0.4 is 14.2 Å². The second kappa shape index (κ2) is 12.6. The Balaban J connectivity index is 1.36. The lowest BCUT2D eigenvalue weighted by Gasteiger charge is -2.27. The van der Waals surface area contributed by atoms with Crippen LogP contribution in [0, 0.1) is 6.92 Å². The summed E-state index contributed by atoms with van der Waals surface area (Å²) in [4.78, 5) is 30.1. The van der Waals surface area contributed by atoms with E-state index in [4.69, 9.17) is 18.6 Å². The normalized spacial score (nSPS) is 11.5. The Morgan fingerprint density at radius 2 is 1.59 bits per heavy atom. The van der Waals surface area contributed by atoms with Crippen LogP contribution in [0.3, 0.4) is 0 Å². The van der Waals surface area contributed by atoms with Gasteiger partial charge in [0, 0.05) is 12.0 Å². The molecule has 1 atom stereocenters. The predicted molar refractivity (Wildman–Crippen MR) is 144 cm³/mol. The molecule has 1 amide bonds. The largest absolute Gasteiger partial charge is 0.497 e. The van der Waals surface area contributed by atoms with Crippen molar-refractivity contribution in [3.63, 3.8) is 0 Å². The number of aryl methyl sites for hydroxylation is 1. The number of aliphatic carboxylic acids is 1. The van der Waals surface area contributed by atoms with Gasteiger partial charge in [0.1, 0.15) is 29.6 Å². The highest BCUT2D eigenvalue weighted by atomic mass is 16.6. The third-order valence-corrected chi connectivity index (χ3v) is 6.16. The van der Waals surface area contributed by atoms with Crippen molar-refractivity contribution in [2.45, 2.75) is 26.3 Å². The second-order valence-electron chi connectivity index (χ2n) is 8.80. The van der Waals surface area contributed by atoms with E-state index in [1.165, 1.54) is 7.11 Å². The summed E-state index contributed by atoms with van der Waals surface area (Å²) in [6, 6.07) is 22.8. The van der Waals surface area contributed by atoms with E-state index in [-0.39, 0.29) is 5.75 Å². The molecule has 3 aromatic carbocycles. The maximum Gasteiger partial charge on any atom is 0.416 e. The summed E-state index contributed by atoms with van der Waals surface area (Å²) in [6.45, 7) is 3.51. The maximum absolute atomic E-state index is 12.9. The van der Waals surface area contributed by atoms with Gasteiger partial charge in [0.25, 0.3) is 0 Å². The standard InChI is InChI=1S/C30H30N2O7/c1-20(32(19-28(33)34)30(35)39-26-15-13-24(36-3)14-16-26)22-9-11-25(12-10-22)37-18-17-27-21(2)38-29(31-27)23-7-5-4-6-8-23/h4-16,20H,17-19H2,1-3H3,(H,33,34)/t20-/m0/s1. The topological polar surface area (TPSA) is 111 Å². The number of rotatable bonds is 11. The van der Waals surface area contributed by atoms with Gasteiger partial charge in [-0.3, -0.25) is 9.69 Å². The van der Waals surface area contributed by atoms with Crippen LogP contribution >= 0.6 is 0 Å². The maximum atomic E-state index is 12.9. The predicted octanol–water partition coefficient (Wildman–Crippen LogP) is 5.93. The van der Waals surface area contributed by atoms with E-state index in [1.807, 2.05) is 37.3 Å². The number of benzene rings is 3. The molecule has 0 fully saturated rings. The van der Waals surface area contributed by atoms with E-state index >= 15 is 0 Å². The van der Waals surface area contributed by atoms with Gasteiger partial charge in [-0.05, 0) is 67.9 Å². The molecule has 0 saturated carbocycles. The lowest BCUT2D eigenvalue weighted by atomic mass is 10.1. The third-order valence-electron chi connectivity index (χ3n) is 6.16. The molecule has 4 rings (SSSR count). The van der Waals surface area contributed by atoms with Gasteiger partial charge >= 0.3 is 12.1 Å². The average molecular weight is 531 g/mol. The molecule has 0 aliphatic heterocycles. The number of hydrogen-bond donors (Lipinski definition) is 1. The van der Waals surface area contributed by atoms with Crippen molar-refractivity contribution in [2.75, 3.05) is 20.3 Å². The third kappa shape index (κ3) is 7.16. The van der Waals surface area contributed by atoms with Crippen LogP contribution in [0.5, 0.6) is 17.2 Å². The Hall–Kier alpha value is -4.79. The van der Waals surface area contributed by atoms with Gasteiger partial charge in [0.15, 0.2) is 0 Å². The number of carbonyl (C=O) groups is 2. The van der Waals surface area contributed by atoms with Gasteiger partial charge in [-0.2, -0.15) is 0 Å². The Bertz CT molecular complexity index is 1380. The van der Waals surface area contributed by atoms with Gasteiger partial charge in [-0.15, -0.1) is 0 Å². The molecule has 4 aromatic rings. The van der Waals surface area contributed by atoms with Gasteiger partial charge in [-0.1, -0.05) is 30.3 Å². The lowest BCUT2D eigenvalue weighted by Crippen LogP contribution is -2.39. The quantitative estimate of drug-likeness (QED) is 0.254. The number of aromatic nitrogens is 1. The molecule has 9 nitrogen and oxygen atoms in total. The van der Waals surface area contributed by atoms with Crippen molar-refractivity contribution in [1.82, 2.24) is 9.88 Å². The molecule has 1 aromatic heterocycles. The van der Waals surface area contributed by atoms with Crippen molar-refractivity contribution >= 4 is 12.1 Å². The molecule has 1 heterocycles. The first-order valence-corrected chi connectivity index (χ1v) is 12.4. The van der Waals surface area contributed by atoms with E-state index < -0.39 is 24.6 Å². The number of amides is 1. The zero-order valence-electron chi connectivity index (χ0n) is 22.0. The van der Waals surface area contributed by atoms with Crippen LogP contribution in [0.25, 0.3) is 11.5 Å². The highest BCUT2D eigenvalue weighted by molar-refractivity contribution is 5.78. The smallest absolute Gasteiger partial charge is 0.416 e. The Morgan fingerprint density at radius 1 is 0.949 bits per heavy atom. The molecule has 0 radical (unpaired) electrons. The van der Waals surface area contributed by atoms with E-state index in [2.05, 4.69) is 4.98 Å². The van der Waals surface area contributed by atoms with Gasteiger partial charge < -0.3 is 23.7 Å². The van der Waals surface area contributed by atoms with Gasteiger partial charge in [-0.25, -0.2) is 9.78 Å². The van der Waals surface area contributed by atoms with Crippen molar-refractivity contribution in [3.8, 4) is 28.7 Å². The van der Waals surface area contributed by atoms with Crippen LogP contribution in [-0.2, 0) is 11.2 Å². The number of hydrogen-bond acceptors (Lipinski definition) is 7. The number of methoxy groups -OCH3 is 1. The zero-order chi connectivity index (χ0) is 27.8. The fourth-order valence-electron chi connectivity index (χ4n) is 3.96. The van der Waals surface area contributed by atoms with E-state index in [0.717, 1.165) is 27.5 Å². The van der Waals surface area contributed by atoms with Crippen molar-refractivity contribution < 1.29 is 33.3 Å². The fraction of sp³-hybridized carbons (Fsp3) is 0.233. The van der Waals surface area contributed by atoms with Crippen LogP contribution in [-0.4, -0.2) is 47.3 Å². The summed E-state index contributed by atoms with van der Waals surface area (Å²) >= 11 is 0. The minimum Gasteiger partial charge on any atom is -0.497 e. The summed E-state index contributed by atoms with van der Waals surface area (Å²) in [6.07, 6.45) is -0.197. The van der Waals surface area contributed by atoms with E-state index in [9.17, 15) is 14.7 Å². The van der Waals surface area contributed by atoms with E-state index in [1.54, 1.807) is 55.5 Å². The monoisotopic (exact) mass is 530 g/mol. The van der Waals surface area contributed by atoms with E-state index in [0.29, 0.717) is 30.4 Å². The Labute approximate surface area is 226 Å². The molecule has 1 N–H and O–H groups in total. The first-order chi connectivity index (χ1) is 18.8. The van der Waals surface area contributed by atoms with Crippen molar-refractivity contribution in [2.24, 2.45) is 0 Å². The number of oxazole rings is 1. The summed E-state index contributed by atoms with van der Waals surface area (Å²) in [5.74, 6) is 1.72. The molecule has 0 aliphatic carbocycles. The first kappa shape index (κ1) is 27.3. The minimum atomic E-state index is -1.15. The molecule has 0 aliphatic rings. The number of ether oxygens (including phenoxy) is 3. The molecule has 39 heavy (non-hydrogen) atoms. The van der Waals surface area contributed by atoms with Gasteiger partial charge in [0.2, 0.25) is 5.89 Å². The van der Waals surface area contributed by atoms with Crippen LogP contribution in [0.15, 0.2) is 83.3 Å². The minimum absolute atomic E-state index is 0.283. The molecular weight excluding hydrogens is 500 g/mol. The van der Waals surface area contributed by atoms with Crippen molar-refractivity contribution in [1.29, 1.82) is 0 Å². The Kier molecular flexibility index (Phi) is 8.83. The van der Waals surface area contributed by atoms with Crippen LogP contribution in [0.2, 0.25) is 0 Å². The second-order valence-corrected chi connectivity index (χ2v) is 8.80.